The molecule has 0 radical (unpaired) electrons. The topological polar surface area (TPSA) is 200 Å². The first-order valence-corrected chi connectivity index (χ1v) is 9.75. The largest absolute Gasteiger partial charge is 0.507 e. The molecule has 166 valence electrons. The summed E-state index contributed by atoms with van der Waals surface area (Å²) in [6.45, 7) is 0. The van der Waals surface area contributed by atoms with E-state index in [-0.39, 0.29) is 40.0 Å². The van der Waals surface area contributed by atoms with Crippen molar-refractivity contribution in [3.05, 3.63) is 68.3 Å². The molecule has 0 aliphatic rings. The Morgan fingerprint density at radius 3 is 2.85 bits per heavy atom. The number of nitro groups is 1. The lowest BCUT2D eigenvalue weighted by Crippen LogP contribution is -2.19. The van der Waals surface area contributed by atoms with Crippen molar-refractivity contribution in [2.75, 3.05) is 5.73 Å². The highest BCUT2D eigenvalue weighted by molar-refractivity contribution is 9.10. The molecule has 33 heavy (non-hydrogen) atoms. The van der Waals surface area contributed by atoms with Crippen LogP contribution in [-0.4, -0.2) is 47.5 Å². The van der Waals surface area contributed by atoms with Crippen LogP contribution < -0.4 is 11.2 Å². The Labute approximate surface area is 191 Å². The molecule has 2 aromatic heterocycles. The van der Waals surface area contributed by atoms with Crippen LogP contribution in [0.25, 0.3) is 17.1 Å². The molecule has 0 bridgehead atoms. The maximum atomic E-state index is 12.8. The number of aromatic nitrogens is 5. The van der Waals surface area contributed by atoms with Crippen LogP contribution in [0.2, 0.25) is 0 Å². The molecule has 2 aromatic carbocycles. The van der Waals surface area contributed by atoms with Gasteiger partial charge in [-0.1, -0.05) is 33.3 Å². The molecule has 4 aromatic rings. The first-order valence-electron chi connectivity index (χ1n) is 8.96. The van der Waals surface area contributed by atoms with Crippen LogP contribution in [-0.2, 0) is 0 Å². The average molecular weight is 514 g/mol. The number of phenols is 1. The number of nitrogens with zero attached hydrogens (tertiary/aromatic N) is 7. The number of hydrogen-bond donors (Lipinski definition) is 3. The Bertz CT molecular complexity index is 1400. The lowest BCUT2D eigenvalue weighted by Gasteiger charge is -2.06. The van der Waals surface area contributed by atoms with Gasteiger partial charge in [-0.25, -0.2) is 10.1 Å². The van der Waals surface area contributed by atoms with Gasteiger partial charge >= 0.3 is 0 Å². The third-order valence-corrected chi connectivity index (χ3v) is 4.76. The van der Waals surface area contributed by atoms with E-state index in [9.17, 15) is 20.0 Å². The molecule has 15 heteroatoms. The second kappa shape index (κ2) is 8.83. The lowest BCUT2D eigenvalue weighted by atomic mass is 10.1. The minimum absolute atomic E-state index is 0.0408. The van der Waals surface area contributed by atoms with Gasteiger partial charge in [0.05, 0.1) is 11.1 Å². The molecule has 0 atom stereocenters. The predicted octanol–water partition coefficient (Wildman–Crippen LogP) is 2.04. The summed E-state index contributed by atoms with van der Waals surface area (Å²) >= 11 is 3.27. The molecule has 0 spiro atoms. The van der Waals surface area contributed by atoms with E-state index in [1.165, 1.54) is 36.5 Å². The molecule has 2 heterocycles. The number of non-ortho nitro benzene ring substituents is 1. The molecule has 0 unspecified atom stereocenters. The van der Waals surface area contributed by atoms with Gasteiger partial charge in [0.25, 0.3) is 11.6 Å². The summed E-state index contributed by atoms with van der Waals surface area (Å²) in [6, 6.07) is 10.2. The van der Waals surface area contributed by atoms with Crippen molar-refractivity contribution >= 4 is 39.6 Å². The van der Waals surface area contributed by atoms with Gasteiger partial charge in [-0.2, -0.15) is 9.78 Å². The van der Waals surface area contributed by atoms with Gasteiger partial charge in [0, 0.05) is 27.7 Å². The van der Waals surface area contributed by atoms with Gasteiger partial charge in [0.1, 0.15) is 11.4 Å². The van der Waals surface area contributed by atoms with E-state index in [0.29, 0.717) is 10.0 Å². The number of anilines is 1. The highest BCUT2D eigenvalue weighted by Crippen LogP contribution is 2.29. The number of amides is 1. The Morgan fingerprint density at radius 2 is 2.12 bits per heavy atom. The number of phenolic OH excluding ortho intramolecular Hbond substituents is 1. The minimum atomic E-state index is -0.788. The molecular formula is C18H12BrN9O5. The van der Waals surface area contributed by atoms with Crippen molar-refractivity contribution in [2.45, 2.75) is 0 Å². The number of nitrogen functional groups attached to an aromatic ring is 1. The summed E-state index contributed by atoms with van der Waals surface area (Å²) in [5.41, 5.74) is 8.18. The number of nitro benzene ring substituents is 1. The average Bonchev–Trinajstić information content (AvgIpc) is 3.42. The Balaban J connectivity index is 1.73. The van der Waals surface area contributed by atoms with Crippen LogP contribution in [0.4, 0.5) is 11.5 Å². The second-order valence-electron chi connectivity index (χ2n) is 6.38. The molecule has 1 amide bonds. The molecule has 0 saturated carbocycles. The molecule has 4 rings (SSSR count). The van der Waals surface area contributed by atoms with Gasteiger partial charge in [-0.3, -0.25) is 14.9 Å². The third-order valence-electron chi connectivity index (χ3n) is 4.27. The van der Waals surface area contributed by atoms with Crippen LogP contribution in [0.3, 0.4) is 0 Å². The summed E-state index contributed by atoms with van der Waals surface area (Å²) < 4.78 is 6.35. The number of carbonyl (C=O) groups excluding carboxylic acids is 1. The van der Waals surface area contributed by atoms with Crippen molar-refractivity contribution in [2.24, 2.45) is 5.10 Å². The number of aromatic hydroxyl groups is 1. The summed E-state index contributed by atoms with van der Waals surface area (Å²) in [5, 5.41) is 39.8. The molecule has 0 aliphatic heterocycles. The molecule has 0 saturated heterocycles. The Kier molecular flexibility index (Phi) is 5.77. The van der Waals surface area contributed by atoms with Crippen molar-refractivity contribution < 1.29 is 19.5 Å². The summed E-state index contributed by atoms with van der Waals surface area (Å²) in [4.78, 5) is 23.5. The zero-order valence-corrected chi connectivity index (χ0v) is 17.9. The fraction of sp³-hybridized carbons (Fsp3) is 0. The maximum absolute atomic E-state index is 12.8. The van der Waals surface area contributed by atoms with Crippen LogP contribution in [0.1, 0.15) is 16.1 Å². The van der Waals surface area contributed by atoms with E-state index in [2.05, 4.69) is 51.7 Å². The zero-order chi connectivity index (χ0) is 23.5. The Morgan fingerprint density at radius 1 is 1.30 bits per heavy atom. The van der Waals surface area contributed by atoms with Crippen molar-refractivity contribution in [3.63, 3.8) is 0 Å². The smallest absolute Gasteiger partial charge is 0.294 e. The highest BCUT2D eigenvalue weighted by atomic mass is 79.9. The number of nitrogens with two attached hydrogens (primary N) is 1. The van der Waals surface area contributed by atoms with E-state index in [4.69, 9.17) is 5.73 Å². The van der Waals surface area contributed by atoms with Crippen LogP contribution in [0.15, 0.2) is 56.7 Å². The number of hydrogen-bond acceptors (Lipinski definition) is 11. The van der Waals surface area contributed by atoms with E-state index in [1.54, 1.807) is 12.1 Å². The first kappa shape index (κ1) is 21.6. The number of rotatable bonds is 6. The Hall–Kier alpha value is -4.66. The third kappa shape index (κ3) is 4.38. The van der Waals surface area contributed by atoms with Gasteiger partial charge in [-0.05, 0) is 28.5 Å². The first-order chi connectivity index (χ1) is 15.8. The summed E-state index contributed by atoms with van der Waals surface area (Å²) in [7, 11) is 0. The SMILES string of the molecule is Nc1nonc1-n1nnc(C(=O)N/N=C/c2cc(Br)ccc2O)c1-c1cccc([N+](=O)[O-])c1. The minimum Gasteiger partial charge on any atom is -0.507 e. The standard InChI is InChI=1S/C18H12BrN9O5/c19-11-4-5-13(29)10(6-11)8-21-23-18(30)14-15(9-2-1-3-12(7-9)28(31)32)27(26-22-14)17-16(20)24-33-25-17/h1-8,29H,(H2,20,24)(H,23,30)/b21-8+. The van der Waals surface area contributed by atoms with Gasteiger partial charge in [-0.15, -0.1) is 5.10 Å². The van der Waals surface area contributed by atoms with E-state index < -0.39 is 10.8 Å². The zero-order valence-electron chi connectivity index (χ0n) is 16.3. The van der Waals surface area contributed by atoms with Crippen LogP contribution in [0, 0.1) is 10.1 Å². The van der Waals surface area contributed by atoms with Gasteiger partial charge in [0.2, 0.25) is 11.6 Å². The molecule has 0 fully saturated rings. The summed E-state index contributed by atoms with van der Waals surface area (Å²) in [6.07, 6.45) is 1.23. The van der Waals surface area contributed by atoms with Crippen LogP contribution in [0.5, 0.6) is 5.75 Å². The van der Waals surface area contributed by atoms with E-state index in [1.807, 2.05) is 0 Å². The quantitative estimate of drug-likeness (QED) is 0.194. The van der Waals surface area contributed by atoms with Gasteiger partial charge < -0.3 is 10.8 Å². The number of hydrazone groups is 1. The van der Waals surface area contributed by atoms with Crippen molar-refractivity contribution in [1.82, 2.24) is 30.7 Å². The monoisotopic (exact) mass is 513 g/mol. The normalized spacial score (nSPS) is 11.1. The lowest BCUT2D eigenvalue weighted by molar-refractivity contribution is -0.384. The number of benzene rings is 2. The molecule has 0 aliphatic carbocycles. The highest BCUT2D eigenvalue weighted by Gasteiger charge is 2.26. The summed E-state index contributed by atoms with van der Waals surface area (Å²) in [5.74, 6) is -1.04. The maximum Gasteiger partial charge on any atom is 0.294 e. The van der Waals surface area contributed by atoms with Crippen molar-refractivity contribution in [1.29, 1.82) is 0 Å². The number of nitrogens with one attached hydrogen (secondary N) is 1. The predicted molar refractivity (Wildman–Crippen MR) is 117 cm³/mol. The second-order valence-corrected chi connectivity index (χ2v) is 7.30. The number of halogens is 1. The molecule has 4 N–H and O–H groups in total. The fourth-order valence-electron chi connectivity index (χ4n) is 2.79. The van der Waals surface area contributed by atoms with Crippen molar-refractivity contribution in [3.8, 4) is 22.8 Å². The molecule has 14 nitrogen and oxygen atoms in total. The van der Waals surface area contributed by atoms with E-state index in [0.717, 1.165) is 4.68 Å². The fourth-order valence-corrected chi connectivity index (χ4v) is 3.17. The molecular weight excluding hydrogens is 502 g/mol. The van der Waals surface area contributed by atoms with Crippen LogP contribution >= 0.6 is 15.9 Å². The number of carbonyl (C=O) groups is 1. The van der Waals surface area contributed by atoms with E-state index >= 15 is 0 Å². The van der Waals surface area contributed by atoms with Gasteiger partial charge in [0.15, 0.2) is 5.69 Å².